The highest BCUT2D eigenvalue weighted by Crippen LogP contribution is 2.10. The van der Waals surface area contributed by atoms with Crippen molar-refractivity contribution in [3.63, 3.8) is 0 Å². The number of anilines is 3. The molecule has 1 heterocycles. The molecule has 1 aromatic rings. The third-order valence-electron chi connectivity index (χ3n) is 2.25. The molecule has 0 aliphatic rings. The standard InChI is InChI=1S/C8H20N8O3Si/c9-1-11-6-14-7(12-2-10)16-8(15-6)13-4(18)3(17)5(19)20/h3-5,17-19H,1-2,9-10H2,20H3,(H3,11,12,13,14,15,16). The van der Waals surface area contributed by atoms with Crippen molar-refractivity contribution < 1.29 is 15.3 Å². The van der Waals surface area contributed by atoms with Crippen molar-refractivity contribution in [3.8, 4) is 0 Å². The average Bonchev–Trinajstić information content (AvgIpc) is 2.38. The summed E-state index contributed by atoms with van der Waals surface area (Å²) in [6.45, 7) is 0.214. The third-order valence-corrected chi connectivity index (χ3v) is 2.93. The molecule has 114 valence electrons. The predicted molar refractivity (Wildman–Crippen MR) is 76.8 cm³/mol. The Kier molecular flexibility index (Phi) is 6.49. The fraction of sp³-hybridized carbons (Fsp3) is 0.625. The predicted octanol–water partition coefficient (Wildman–Crippen LogP) is -4.70. The first kappa shape index (κ1) is 16.5. The maximum absolute atomic E-state index is 9.69. The Morgan fingerprint density at radius 1 is 0.950 bits per heavy atom. The molecule has 12 heteroatoms. The molecule has 1 aromatic heterocycles. The third kappa shape index (κ3) is 4.84. The number of aromatic nitrogens is 3. The van der Waals surface area contributed by atoms with Crippen LogP contribution < -0.4 is 27.4 Å². The van der Waals surface area contributed by atoms with Gasteiger partial charge in [-0.3, -0.25) is 0 Å². The van der Waals surface area contributed by atoms with Crippen LogP contribution >= 0.6 is 0 Å². The van der Waals surface area contributed by atoms with Gasteiger partial charge in [-0.1, -0.05) is 0 Å². The van der Waals surface area contributed by atoms with Crippen molar-refractivity contribution >= 4 is 28.1 Å². The zero-order valence-corrected chi connectivity index (χ0v) is 13.0. The van der Waals surface area contributed by atoms with E-state index >= 15 is 0 Å². The minimum Gasteiger partial charge on any atom is -0.395 e. The first-order valence-corrected chi connectivity index (χ1v) is 7.08. The van der Waals surface area contributed by atoms with Crippen LogP contribution in [0.25, 0.3) is 0 Å². The normalized spacial score (nSPS) is 15.4. The highest BCUT2D eigenvalue weighted by molar-refractivity contribution is 6.11. The molecule has 0 fully saturated rings. The number of nitrogens with one attached hydrogen (secondary N) is 3. The smallest absolute Gasteiger partial charge is 0.231 e. The maximum atomic E-state index is 9.69. The summed E-state index contributed by atoms with van der Waals surface area (Å²) in [7, 11) is 0.311. The van der Waals surface area contributed by atoms with Crippen molar-refractivity contribution in [2.24, 2.45) is 11.5 Å². The molecule has 3 unspecified atom stereocenters. The Labute approximate surface area is 118 Å². The molecule has 0 amide bonds. The zero-order valence-electron chi connectivity index (χ0n) is 11.0. The van der Waals surface area contributed by atoms with Crippen LogP contribution in [0.5, 0.6) is 0 Å². The van der Waals surface area contributed by atoms with E-state index in [0.717, 1.165) is 0 Å². The summed E-state index contributed by atoms with van der Waals surface area (Å²) in [5, 5.41) is 36.3. The van der Waals surface area contributed by atoms with Gasteiger partial charge in [0.15, 0.2) is 6.23 Å². The van der Waals surface area contributed by atoms with Crippen molar-refractivity contribution in [2.75, 3.05) is 29.3 Å². The van der Waals surface area contributed by atoms with Crippen LogP contribution in [0.3, 0.4) is 0 Å². The minimum atomic E-state index is -1.42. The fourth-order valence-corrected chi connectivity index (χ4v) is 1.63. The van der Waals surface area contributed by atoms with Gasteiger partial charge in [-0.05, 0) is 0 Å². The number of nitrogens with zero attached hydrogens (tertiary/aromatic N) is 3. The van der Waals surface area contributed by atoms with Gasteiger partial charge in [0.05, 0.1) is 19.1 Å². The van der Waals surface area contributed by atoms with E-state index in [-0.39, 0.29) is 31.2 Å². The largest absolute Gasteiger partial charge is 0.395 e. The van der Waals surface area contributed by atoms with Crippen LogP contribution in [0.4, 0.5) is 17.8 Å². The van der Waals surface area contributed by atoms with E-state index in [4.69, 9.17) is 11.5 Å². The van der Waals surface area contributed by atoms with Crippen LogP contribution in [0, 0.1) is 0 Å². The van der Waals surface area contributed by atoms with Gasteiger partial charge in [0, 0.05) is 10.2 Å². The van der Waals surface area contributed by atoms with Gasteiger partial charge in [0.25, 0.3) is 0 Å². The fourth-order valence-electron chi connectivity index (χ4n) is 1.26. The van der Waals surface area contributed by atoms with Crippen molar-refractivity contribution in [1.29, 1.82) is 0 Å². The number of hydrogen-bond donors (Lipinski definition) is 8. The Morgan fingerprint density at radius 2 is 1.40 bits per heavy atom. The number of hydrogen-bond acceptors (Lipinski definition) is 11. The van der Waals surface area contributed by atoms with E-state index in [1.165, 1.54) is 0 Å². The number of nitrogens with two attached hydrogens (primary N) is 2. The van der Waals surface area contributed by atoms with Crippen LogP contribution in [0.1, 0.15) is 0 Å². The lowest BCUT2D eigenvalue weighted by molar-refractivity contribution is -0.0167. The first-order chi connectivity index (χ1) is 9.47. The molecule has 0 saturated heterocycles. The van der Waals surface area contributed by atoms with Gasteiger partial charge in [0.1, 0.15) is 6.10 Å². The van der Waals surface area contributed by atoms with Crippen LogP contribution in [-0.2, 0) is 0 Å². The molecule has 1 rings (SSSR count). The highest BCUT2D eigenvalue weighted by Gasteiger charge is 2.22. The highest BCUT2D eigenvalue weighted by atomic mass is 28.1. The van der Waals surface area contributed by atoms with E-state index in [1.54, 1.807) is 0 Å². The second-order valence-corrected chi connectivity index (χ2v) is 5.07. The van der Waals surface area contributed by atoms with E-state index in [1.807, 2.05) is 0 Å². The van der Waals surface area contributed by atoms with Crippen LogP contribution in [0.15, 0.2) is 0 Å². The number of aliphatic hydroxyl groups is 3. The molecule has 0 aromatic carbocycles. The van der Waals surface area contributed by atoms with E-state index in [2.05, 4.69) is 30.9 Å². The van der Waals surface area contributed by atoms with Gasteiger partial charge in [-0.25, -0.2) is 0 Å². The molecule has 0 spiro atoms. The molecule has 20 heavy (non-hydrogen) atoms. The minimum absolute atomic E-state index is 0.000710. The lowest BCUT2D eigenvalue weighted by atomic mass is 10.3. The maximum Gasteiger partial charge on any atom is 0.231 e. The van der Waals surface area contributed by atoms with Gasteiger partial charge in [0.2, 0.25) is 17.8 Å². The van der Waals surface area contributed by atoms with Crippen molar-refractivity contribution in [3.05, 3.63) is 0 Å². The summed E-state index contributed by atoms with van der Waals surface area (Å²) in [6.07, 6.45) is -2.75. The molecule has 0 aliphatic carbocycles. The Balaban J connectivity index is 2.86. The Hall–Kier alpha value is -1.57. The SMILES string of the molecule is NCNc1nc(NCN)nc(NC(O)C(O)C(O)[SiH3])n1. The van der Waals surface area contributed by atoms with Crippen LogP contribution in [-0.4, -0.2) is 71.9 Å². The van der Waals surface area contributed by atoms with Crippen molar-refractivity contribution in [2.45, 2.75) is 18.1 Å². The monoisotopic (exact) mass is 304 g/mol. The van der Waals surface area contributed by atoms with E-state index in [9.17, 15) is 15.3 Å². The van der Waals surface area contributed by atoms with Gasteiger partial charge in [-0.15, -0.1) is 0 Å². The topological polar surface area (TPSA) is 187 Å². The van der Waals surface area contributed by atoms with Crippen molar-refractivity contribution in [1.82, 2.24) is 15.0 Å². The summed E-state index contributed by atoms with van der Waals surface area (Å²) < 4.78 is 0. The summed E-state index contributed by atoms with van der Waals surface area (Å²) in [6, 6.07) is 0. The molecule has 0 bridgehead atoms. The summed E-state index contributed by atoms with van der Waals surface area (Å²) in [5.41, 5.74) is 9.67. The van der Waals surface area contributed by atoms with E-state index < -0.39 is 18.1 Å². The first-order valence-electron chi connectivity index (χ1n) is 5.92. The molecular formula is C8H20N8O3Si. The van der Waals surface area contributed by atoms with Gasteiger partial charge < -0.3 is 42.7 Å². The second-order valence-electron chi connectivity index (χ2n) is 3.89. The Morgan fingerprint density at radius 3 is 1.80 bits per heavy atom. The zero-order chi connectivity index (χ0) is 15.1. The number of rotatable bonds is 8. The lowest BCUT2D eigenvalue weighted by Gasteiger charge is -2.21. The molecule has 0 radical (unpaired) electrons. The quantitative estimate of drug-likeness (QED) is 0.170. The number of aliphatic hydroxyl groups excluding tert-OH is 3. The van der Waals surface area contributed by atoms with Gasteiger partial charge in [-0.2, -0.15) is 15.0 Å². The van der Waals surface area contributed by atoms with Gasteiger partial charge >= 0.3 is 0 Å². The second kappa shape index (κ2) is 7.88. The summed E-state index contributed by atoms with van der Waals surface area (Å²) in [4.78, 5) is 11.8. The van der Waals surface area contributed by atoms with E-state index in [0.29, 0.717) is 10.2 Å². The van der Waals surface area contributed by atoms with Crippen LogP contribution in [0.2, 0.25) is 0 Å². The molecule has 0 aliphatic heterocycles. The molecular weight excluding hydrogens is 284 g/mol. The Bertz CT molecular complexity index is 398. The molecule has 0 saturated carbocycles. The molecule has 10 N–H and O–H groups in total. The summed E-state index contributed by atoms with van der Waals surface area (Å²) in [5.74, 6) is 0.351. The summed E-state index contributed by atoms with van der Waals surface area (Å²) >= 11 is 0. The molecule has 11 nitrogen and oxygen atoms in total. The molecule has 3 atom stereocenters. The average molecular weight is 304 g/mol. The lowest BCUT2D eigenvalue weighted by Crippen LogP contribution is -2.42.